The van der Waals surface area contributed by atoms with E-state index in [9.17, 15) is 28.8 Å². The number of hydrogen-bond acceptors (Lipinski definition) is 10. The highest BCUT2D eigenvalue weighted by Gasteiger charge is 2.11. The first kappa shape index (κ1) is 26.4. The van der Waals surface area contributed by atoms with Crippen LogP contribution in [0, 0.1) is 0 Å². The van der Waals surface area contributed by atoms with Crippen LogP contribution in [0.4, 0.5) is 0 Å². The molecule has 0 aliphatic rings. The Labute approximate surface area is 169 Å². The van der Waals surface area contributed by atoms with Gasteiger partial charge in [-0.1, -0.05) is 0 Å². The SMILES string of the molecule is CC(=O)CCC(=O)OCCN(CCOC(=O)CCC=O)CCOC(=O)CCC=O. The fraction of sp³-hybridized carbons (Fsp3) is 0.684. The maximum absolute atomic E-state index is 11.5. The molecule has 0 unspecified atom stereocenters. The van der Waals surface area contributed by atoms with Gasteiger partial charge in [-0.2, -0.15) is 0 Å². The Morgan fingerprint density at radius 2 is 1.03 bits per heavy atom. The van der Waals surface area contributed by atoms with Crippen LogP contribution >= 0.6 is 0 Å². The fourth-order valence-corrected chi connectivity index (χ4v) is 2.05. The number of esters is 3. The first-order chi connectivity index (χ1) is 13.9. The normalized spacial score (nSPS) is 10.3. The van der Waals surface area contributed by atoms with Crippen molar-refractivity contribution in [3.63, 3.8) is 0 Å². The highest BCUT2D eigenvalue weighted by molar-refractivity contribution is 5.80. The van der Waals surface area contributed by atoms with Crippen LogP contribution in [-0.4, -0.2) is 80.6 Å². The zero-order valence-electron chi connectivity index (χ0n) is 16.8. The predicted octanol–water partition coefficient (Wildman–Crippen LogP) is 0.245. The van der Waals surface area contributed by atoms with E-state index in [2.05, 4.69) is 0 Å². The molecule has 10 nitrogen and oxygen atoms in total. The van der Waals surface area contributed by atoms with Crippen LogP contribution in [-0.2, 0) is 43.0 Å². The van der Waals surface area contributed by atoms with Gasteiger partial charge in [-0.15, -0.1) is 0 Å². The highest BCUT2D eigenvalue weighted by atomic mass is 16.5. The summed E-state index contributed by atoms with van der Waals surface area (Å²) >= 11 is 0. The van der Waals surface area contributed by atoms with E-state index in [1.165, 1.54) is 6.92 Å². The number of carbonyl (C=O) groups is 6. The van der Waals surface area contributed by atoms with E-state index in [0.29, 0.717) is 32.2 Å². The van der Waals surface area contributed by atoms with E-state index in [1.807, 2.05) is 0 Å². The van der Waals surface area contributed by atoms with Crippen molar-refractivity contribution in [3.8, 4) is 0 Å². The standard InChI is InChI=1S/C19H29NO9/c1-16(23)6-7-19(26)29-15-10-20(8-13-27-17(24)4-2-11-21)9-14-28-18(25)5-3-12-22/h11-12H,2-10,13-15H2,1H3. The van der Waals surface area contributed by atoms with Crippen molar-refractivity contribution in [2.24, 2.45) is 0 Å². The van der Waals surface area contributed by atoms with Crippen LogP contribution in [0.5, 0.6) is 0 Å². The van der Waals surface area contributed by atoms with Crippen molar-refractivity contribution < 1.29 is 43.0 Å². The number of carbonyl (C=O) groups excluding carboxylic acids is 6. The number of Topliss-reactive ketones (excluding diaryl/α,β-unsaturated/α-hetero) is 1. The van der Waals surface area contributed by atoms with Crippen molar-refractivity contribution in [2.75, 3.05) is 39.5 Å². The second-order valence-electron chi connectivity index (χ2n) is 6.12. The molecule has 0 bridgehead atoms. The molecule has 29 heavy (non-hydrogen) atoms. The molecule has 0 aromatic rings. The Morgan fingerprint density at radius 3 is 1.38 bits per heavy atom. The van der Waals surface area contributed by atoms with Crippen molar-refractivity contribution in [2.45, 2.75) is 45.4 Å². The van der Waals surface area contributed by atoms with Crippen LogP contribution in [0.15, 0.2) is 0 Å². The maximum atomic E-state index is 11.5. The minimum Gasteiger partial charge on any atom is -0.464 e. The lowest BCUT2D eigenvalue weighted by Crippen LogP contribution is -2.35. The lowest BCUT2D eigenvalue weighted by atomic mass is 10.2. The Bertz CT molecular complexity index is 518. The third-order valence-corrected chi connectivity index (χ3v) is 3.63. The third-order valence-electron chi connectivity index (χ3n) is 3.63. The molecule has 0 N–H and O–H groups in total. The van der Waals surface area contributed by atoms with Gasteiger partial charge in [-0.05, 0) is 6.92 Å². The molecule has 0 saturated carbocycles. The van der Waals surface area contributed by atoms with Gasteiger partial charge < -0.3 is 28.6 Å². The van der Waals surface area contributed by atoms with Gasteiger partial charge in [-0.3, -0.25) is 19.3 Å². The molecule has 10 heteroatoms. The molecular weight excluding hydrogens is 386 g/mol. The molecule has 0 heterocycles. The van der Waals surface area contributed by atoms with Gasteiger partial charge in [0.2, 0.25) is 0 Å². The molecule has 0 amide bonds. The average molecular weight is 415 g/mol. The zero-order valence-corrected chi connectivity index (χ0v) is 16.8. The molecule has 0 spiro atoms. The summed E-state index contributed by atoms with van der Waals surface area (Å²) in [4.78, 5) is 67.5. The summed E-state index contributed by atoms with van der Waals surface area (Å²) in [5.41, 5.74) is 0. The lowest BCUT2D eigenvalue weighted by Gasteiger charge is -2.21. The maximum Gasteiger partial charge on any atom is 0.306 e. The Kier molecular flexibility index (Phi) is 15.9. The van der Waals surface area contributed by atoms with Crippen molar-refractivity contribution in [3.05, 3.63) is 0 Å². The first-order valence-corrected chi connectivity index (χ1v) is 9.45. The quantitative estimate of drug-likeness (QED) is 0.174. The number of aldehydes is 2. The van der Waals surface area contributed by atoms with E-state index in [0.717, 1.165) is 0 Å². The first-order valence-electron chi connectivity index (χ1n) is 9.45. The van der Waals surface area contributed by atoms with Gasteiger partial charge in [0.15, 0.2) is 0 Å². The minimum absolute atomic E-state index is 0.00556. The predicted molar refractivity (Wildman–Crippen MR) is 99.8 cm³/mol. The fourth-order valence-electron chi connectivity index (χ4n) is 2.05. The number of hydrogen-bond donors (Lipinski definition) is 0. The van der Waals surface area contributed by atoms with E-state index in [4.69, 9.17) is 14.2 Å². The number of ketones is 1. The topological polar surface area (TPSA) is 133 Å². The molecule has 0 atom stereocenters. The molecule has 0 rings (SSSR count). The smallest absolute Gasteiger partial charge is 0.306 e. The van der Waals surface area contributed by atoms with E-state index < -0.39 is 17.9 Å². The summed E-state index contributed by atoms with van der Waals surface area (Å²) in [7, 11) is 0. The van der Waals surface area contributed by atoms with E-state index >= 15 is 0 Å². The van der Waals surface area contributed by atoms with Crippen LogP contribution in [0.1, 0.15) is 45.4 Å². The largest absolute Gasteiger partial charge is 0.464 e. The van der Waals surface area contributed by atoms with Crippen LogP contribution in [0.25, 0.3) is 0 Å². The van der Waals surface area contributed by atoms with E-state index in [-0.39, 0.29) is 64.1 Å². The summed E-state index contributed by atoms with van der Waals surface area (Å²) in [6.45, 7) is 2.51. The van der Waals surface area contributed by atoms with Crippen LogP contribution < -0.4 is 0 Å². The molecule has 0 radical (unpaired) electrons. The second-order valence-corrected chi connectivity index (χ2v) is 6.12. The van der Waals surface area contributed by atoms with Gasteiger partial charge in [0.25, 0.3) is 0 Å². The molecule has 0 saturated heterocycles. The third kappa shape index (κ3) is 17.2. The molecule has 0 aliphatic carbocycles. The monoisotopic (exact) mass is 415 g/mol. The number of rotatable bonds is 18. The Balaban J connectivity index is 4.31. The van der Waals surface area contributed by atoms with Gasteiger partial charge >= 0.3 is 17.9 Å². The Hall–Kier alpha value is -2.62. The van der Waals surface area contributed by atoms with Gasteiger partial charge in [-0.25, -0.2) is 0 Å². The molecule has 0 aliphatic heterocycles. The minimum atomic E-state index is -0.493. The van der Waals surface area contributed by atoms with Gasteiger partial charge in [0.1, 0.15) is 38.2 Å². The van der Waals surface area contributed by atoms with Gasteiger partial charge in [0, 0.05) is 38.9 Å². The van der Waals surface area contributed by atoms with Crippen molar-refractivity contribution >= 4 is 36.3 Å². The summed E-state index contributed by atoms with van der Waals surface area (Å²) in [6.07, 6.45) is 1.59. The molecule has 164 valence electrons. The second kappa shape index (κ2) is 17.5. The zero-order chi connectivity index (χ0) is 21.9. The van der Waals surface area contributed by atoms with Crippen molar-refractivity contribution in [1.29, 1.82) is 0 Å². The summed E-state index contributed by atoms with van der Waals surface area (Å²) in [5, 5.41) is 0. The summed E-state index contributed by atoms with van der Waals surface area (Å²) < 4.78 is 15.1. The molecular formula is C19H29NO9. The molecule has 0 aromatic heterocycles. The van der Waals surface area contributed by atoms with E-state index in [1.54, 1.807) is 4.90 Å². The highest BCUT2D eigenvalue weighted by Crippen LogP contribution is 1.98. The van der Waals surface area contributed by atoms with Crippen LogP contribution in [0.3, 0.4) is 0 Å². The summed E-state index contributed by atoms with van der Waals surface area (Å²) in [6, 6.07) is 0. The summed E-state index contributed by atoms with van der Waals surface area (Å²) in [5.74, 6) is -1.57. The van der Waals surface area contributed by atoms with Crippen LogP contribution in [0.2, 0.25) is 0 Å². The lowest BCUT2D eigenvalue weighted by molar-refractivity contribution is -0.146. The number of ether oxygens (including phenoxy) is 3. The average Bonchev–Trinajstić information content (AvgIpc) is 2.68. The Morgan fingerprint density at radius 1 is 0.655 bits per heavy atom. The van der Waals surface area contributed by atoms with Gasteiger partial charge in [0.05, 0.1) is 19.3 Å². The molecule has 0 aromatic carbocycles. The number of nitrogens with zero attached hydrogens (tertiary/aromatic N) is 1. The molecule has 0 fully saturated rings. The van der Waals surface area contributed by atoms with Crippen molar-refractivity contribution in [1.82, 2.24) is 4.90 Å².